The maximum atomic E-state index is 9.64. The summed E-state index contributed by atoms with van der Waals surface area (Å²) in [6.45, 7) is 14.2. The third-order valence-corrected chi connectivity index (χ3v) is 8.38. The van der Waals surface area contributed by atoms with Crippen LogP contribution in [0.25, 0.3) is 10.9 Å². The lowest BCUT2D eigenvalue weighted by Gasteiger charge is -2.42. The number of hydrogen-bond acceptors (Lipinski definition) is 10. The standard InChI is InChI=1S/C31H43BN8O2/c1-5-38(20-29(34)41-4)24-14-21(2)31(35-16-24)39-12-10-37(11-13-39)18-25-19-40(17-22(3)42-25)27-8-6-23(15-33)30-26(27)7-9-28(32)36-30/h6-9,14,16,22,25,29H,5,10-13,17-20,32,34H2,1-4H3. The van der Waals surface area contributed by atoms with Crippen molar-refractivity contribution >= 4 is 41.5 Å². The molecule has 2 fully saturated rings. The van der Waals surface area contributed by atoms with Crippen LogP contribution in [0, 0.1) is 18.3 Å². The number of rotatable bonds is 9. The second kappa shape index (κ2) is 13.3. The number of anilines is 3. The van der Waals surface area contributed by atoms with Crippen LogP contribution in [0.4, 0.5) is 17.2 Å². The van der Waals surface area contributed by atoms with Crippen molar-refractivity contribution in [3.05, 3.63) is 47.7 Å². The van der Waals surface area contributed by atoms with Gasteiger partial charge in [-0.2, -0.15) is 5.26 Å². The zero-order valence-electron chi connectivity index (χ0n) is 25.6. The van der Waals surface area contributed by atoms with Crippen LogP contribution in [0.2, 0.25) is 0 Å². The maximum absolute atomic E-state index is 9.64. The molecular formula is C31H43BN8O2. The summed E-state index contributed by atoms with van der Waals surface area (Å²) in [4.78, 5) is 19.1. The molecule has 5 rings (SSSR count). The number of nitriles is 1. The van der Waals surface area contributed by atoms with Gasteiger partial charge in [-0.25, -0.2) is 4.98 Å². The second-order valence-corrected chi connectivity index (χ2v) is 11.5. The number of aryl methyl sites for hydroxylation is 1. The summed E-state index contributed by atoms with van der Waals surface area (Å²) in [6.07, 6.45) is 1.84. The summed E-state index contributed by atoms with van der Waals surface area (Å²) in [7, 11) is 3.60. The fourth-order valence-electron chi connectivity index (χ4n) is 6.20. The van der Waals surface area contributed by atoms with E-state index in [1.54, 1.807) is 7.11 Å². The van der Waals surface area contributed by atoms with E-state index in [0.717, 1.165) is 86.0 Å². The molecule has 0 saturated carbocycles. The van der Waals surface area contributed by atoms with Crippen LogP contribution in [0.15, 0.2) is 36.5 Å². The van der Waals surface area contributed by atoms with Gasteiger partial charge in [-0.05, 0) is 56.2 Å². The van der Waals surface area contributed by atoms with Crippen molar-refractivity contribution in [1.29, 1.82) is 5.26 Å². The third kappa shape index (κ3) is 6.63. The van der Waals surface area contributed by atoms with Crippen LogP contribution < -0.4 is 26.0 Å². The monoisotopic (exact) mass is 570 g/mol. The van der Waals surface area contributed by atoms with E-state index in [1.165, 1.54) is 5.56 Å². The molecule has 1 aromatic carbocycles. The van der Waals surface area contributed by atoms with Crippen LogP contribution in [0.5, 0.6) is 0 Å². The molecule has 10 nitrogen and oxygen atoms in total. The van der Waals surface area contributed by atoms with Gasteiger partial charge in [0.05, 0.1) is 41.7 Å². The number of piperazine rings is 1. The van der Waals surface area contributed by atoms with E-state index in [0.29, 0.717) is 12.1 Å². The number of fused-ring (bicyclic) bond motifs is 1. The number of ether oxygens (including phenoxy) is 2. The Morgan fingerprint density at radius 1 is 1.19 bits per heavy atom. The molecule has 4 heterocycles. The number of aromatic nitrogens is 2. The Bertz CT molecular complexity index is 1420. The highest BCUT2D eigenvalue weighted by Crippen LogP contribution is 2.30. The Balaban J connectivity index is 1.21. The van der Waals surface area contributed by atoms with E-state index in [-0.39, 0.29) is 18.4 Å². The van der Waals surface area contributed by atoms with Crippen molar-refractivity contribution in [2.75, 3.05) is 80.7 Å². The summed E-state index contributed by atoms with van der Waals surface area (Å²) >= 11 is 0. The van der Waals surface area contributed by atoms with Gasteiger partial charge < -0.3 is 29.9 Å². The Morgan fingerprint density at radius 3 is 2.67 bits per heavy atom. The van der Waals surface area contributed by atoms with Gasteiger partial charge in [-0.1, -0.05) is 6.07 Å². The van der Waals surface area contributed by atoms with E-state index < -0.39 is 0 Å². The normalized spacial score (nSPS) is 20.5. The average Bonchev–Trinajstić information content (AvgIpc) is 2.99. The first-order chi connectivity index (χ1) is 20.3. The lowest BCUT2D eigenvalue weighted by molar-refractivity contribution is -0.0327. The molecule has 0 radical (unpaired) electrons. The molecule has 2 aliphatic heterocycles. The first kappa shape index (κ1) is 30.0. The SMILES string of the molecule is Bc1ccc2c(N3CC(C)OC(CN4CCN(c5ncc(N(CC)CC(N)OC)cc5C)CC4)C3)ccc(C#N)c2n1. The molecule has 2 aliphatic rings. The molecular weight excluding hydrogens is 527 g/mol. The van der Waals surface area contributed by atoms with E-state index in [9.17, 15) is 5.26 Å². The summed E-state index contributed by atoms with van der Waals surface area (Å²) in [5.74, 6) is 1.05. The third-order valence-electron chi connectivity index (χ3n) is 8.38. The summed E-state index contributed by atoms with van der Waals surface area (Å²) in [6, 6.07) is 12.6. The highest BCUT2D eigenvalue weighted by atomic mass is 16.5. The fraction of sp³-hybridized carbons (Fsp3) is 0.516. The molecule has 0 aliphatic carbocycles. The Kier molecular flexibility index (Phi) is 9.48. The molecule has 3 atom stereocenters. The first-order valence-corrected chi connectivity index (χ1v) is 15.0. The number of pyridine rings is 2. The smallest absolute Gasteiger partial charge is 0.163 e. The van der Waals surface area contributed by atoms with Crippen LogP contribution in [0.3, 0.4) is 0 Å². The molecule has 3 aromatic rings. The number of hydrogen-bond donors (Lipinski definition) is 1. The molecule has 222 valence electrons. The number of methoxy groups -OCH3 is 1. The molecule has 0 spiro atoms. The van der Waals surface area contributed by atoms with Gasteiger partial charge in [0.15, 0.2) is 7.85 Å². The van der Waals surface area contributed by atoms with Crippen molar-refractivity contribution < 1.29 is 9.47 Å². The Hall–Kier alpha value is -3.43. The molecule has 42 heavy (non-hydrogen) atoms. The van der Waals surface area contributed by atoms with Crippen LogP contribution in [0.1, 0.15) is 25.0 Å². The lowest BCUT2D eigenvalue weighted by Crippen LogP contribution is -2.54. The van der Waals surface area contributed by atoms with Gasteiger partial charge >= 0.3 is 0 Å². The van der Waals surface area contributed by atoms with Crippen molar-refractivity contribution in [3.8, 4) is 6.07 Å². The number of morpholine rings is 1. The van der Waals surface area contributed by atoms with Crippen molar-refractivity contribution in [3.63, 3.8) is 0 Å². The quantitative estimate of drug-likeness (QED) is 0.298. The fourth-order valence-corrected chi connectivity index (χ4v) is 6.20. The zero-order valence-corrected chi connectivity index (χ0v) is 25.6. The Labute approximate surface area is 250 Å². The van der Waals surface area contributed by atoms with Crippen molar-refractivity contribution in [1.82, 2.24) is 14.9 Å². The summed E-state index contributed by atoms with van der Waals surface area (Å²) in [5, 5.41) is 10.7. The van der Waals surface area contributed by atoms with Crippen molar-refractivity contribution in [2.24, 2.45) is 5.73 Å². The largest absolute Gasteiger partial charge is 0.370 e. The minimum atomic E-state index is -0.328. The van der Waals surface area contributed by atoms with E-state index in [4.69, 9.17) is 25.2 Å². The summed E-state index contributed by atoms with van der Waals surface area (Å²) in [5.41, 5.74) is 11.7. The van der Waals surface area contributed by atoms with Gasteiger partial charge in [-0.15, -0.1) is 0 Å². The maximum Gasteiger partial charge on any atom is 0.163 e. The number of nitrogens with zero attached hydrogens (tertiary/aromatic N) is 7. The minimum Gasteiger partial charge on any atom is -0.370 e. The zero-order chi connectivity index (χ0) is 29.8. The van der Waals surface area contributed by atoms with E-state index in [2.05, 4.69) is 64.6 Å². The second-order valence-electron chi connectivity index (χ2n) is 11.5. The highest BCUT2D eigenvalue weighted by molar-refractivity contribution is 6.31. The van der Waals surface area contributed by atoms with Gasteiger partial charge in [0.2, 0.25) is 0 Å². The van der Waals surface area contributed by atoms with Gasteiger partial charge in [0.25, 0.3) is 0 Å². The van der Waals surface area contributed by atoms with Crippen molar-refractivity contribution in [2.45, 2.75) is 39.2 Å². The lowest BCUT2D eigenvalue weighted by atomic mass is 10.00. The highest BCUT2D eigenvalue weighted by Gasteiger charge is 2.30. The molecule has 0 amide bonds. The summed E-state index contributed by atoms with van der Waals surface area (Å²) < 4.78 is 11.7. The topological polar surface area (TPSA) is 107 Å². The van der Waals surface area contributed by atoms with E-state index >= 15 is 0 Å². The molecule has 2 N–H and O–H groups in total. The number of likely N-dealkylation sites (N-methyl/N-ethyl adjacent to an activating group) is 1. The van der Waals surface area contributed by atoms with Crippen LogP contribution >= 0.6 is 0 Å². The first-order valence-electron chi connectivity index (χ1n) is 15.0. The molecule has 0 bridgehead atoms. The molecule has 3 unspecified atom stereocenters. The predicted molar refractivity (Wildman–Crippen MR) is 172 cm³/mol. The molecule has 11 heteroatoms. The minimum absolute atomic E-state index is 0.0991. The Morgan fingerprint density at radius 2 is 1.98 bits per heavy atom. The van der Waals surface area contributed by atoms with Gasteiger partial charge in [0, 0.05) is 70.5 Å². The number of nitrogens with two attached hydrogens (primary N) is 1. The molecule has 2 aromatic heterocycles. The van der Waals surface area contributed by atoms with Crippen LogP contribution in [-0.2, 0) is 9.47 Å². The predicted octanol–water partition coefficient (Wildman–Crippen LogP) is 1.24. The number of benzene rings is 1. The average molecular weight is 571 g/mol. The van der Waals surface area contributed by atoms with Gasteiger partial charge in [0.1, 0.15) is 18.1 Å². The molecule has 2 saturated heterocycles. The van der Waals surface area contributed by atoms with Crippen LogP contribution in [-0.4, -0.2) is 107 Å². The van der Waals surface area contributed by atoms with Gasteiger partial charge in [-0.3, -0.25) is 9.88 Å². The van der Waals surface area contributed by atoms with E-state index in [1.807, 2.05) is 26.2 Å².